The molecule has 2 saturated heterocycles. The van der Waals surface area contributed by atoms with Gasteiger partial charge < -0.3 is 20.2 Å². The third kappa shape index (κ3) is 3.96. The smallest absolute Gasteiger partial charge is 0.317 e. The summed E-state index contributed by atoms with van der Waals surface area (Å²) in [5, 5.41) is 13.1. The SMILES string of the molecule is CC1CCN(C(=O)NC2CCCN(c3ccccc3)C2)CC1O. The second kappa shape index (κ2) is 7.21. The van der Waals surface area contributed by atoms with E-state index in [1.165, 1.54) is 5.69 Å². The summed E-state index contributed by atoms with van der Waals surface area (Å²) in [5.41, 5.74) is 1.22. The van der Waals surface area contributed by atoms with E-state index in [1.807, 2.05) is 25.1 Å². The van der Waals surface area contributed by atoms with Gasteiger partial charge in [-0.1, -0.05) is 25.1 Å². The zero-order valence-corrected chi connectivity index (χ0v) is 13.8. The van der Waals surface area contributed by atoms with E-state index in [4.69, 9.17) is 0 Å². The number of aliphatic hydroxyl groups excluding tert-OH is 1. The Kier molecular flexibility index (Phi) is 5.06. The lowest BCUT2D eigenvalue weighted by Gasteiger charge is -2.38. The van der Waals surface area contributed by atoms with Crippen molar-refractivity contribution in [3.05, 3.63) is 30.3 Å². The van der Waals surface area contributed by atoms with Crippen LogP contribution in [0.2, 0.25) is 0 Å². The number of likely N-dealkylation sites (tertiary alicyclic amines) is 1. The third-order valence-electron chi connectivity index (χ3n) is 5.08. The number of benzene rings is 1. The van der Waals surface area contributed by atoms with Crippen molar-refractivity contribution in [2.45, 2.75) is 38.3 Å². The van der Waals surface area contributed by atoms with E-state index in [9.17, 15) is 9.90 Å². The second-order valence-corrected chi connectivity index (χ2v) is 6.85. The molecule has 0 aliphatic carbocycles. The van der Waals surface area contributed by atoms with Gasteiger partial charge in [-0.15, -0.1) is 0 Å². The first-order valence-electron chi connectivity index (χ1n) is 8.67. The topological polar surface area (TPSA) is 55.8 Å². The lowest BCUT2D eigenvalue weighted by molar-refractivity contribution is 0.0429. The van der Waals surface area contributed by atoms with Gasteiger partial charge in [0.1, 0.15) is 0 Å². The highest BCUT2D eigenvalue weighted by molar-refractivity contribution is 5.74. The van der Waals surface area contributed by atoms with E-state index in [1.54, 1.807) is 4.90 Å². The van der Waals surface area contributed by atoms with Crippen LogP contribution in [0.3, 0.4) is 0 Å². The van der Waals surface area contributed by atoms with E-state index < -0.39 is 6.10 Å². The summed E-state index contributed by atoms with van der Waals surface area (Å²) in [6.45, 7) is 5.11. The lowest BCUT2D eigenvalue weighted by Crippen LogP contribution is -2.55. The number of urea groups is 1. The van der Waals surface area contributed by atoms with E-state index in [-0.39, 0.29) is 18.0 Å². The molecule has 1 aromatic carbocycles. The van der Waals surface area contributed by atoms with E-state index >= 15 is 0 Å². The van der Waals surface area contributed by atoms with Crippen LogP contribution < -0.4 is 10.2 Å². The molecular formula is C18H27N3O2. The molecule has 2 aliphatic heterocycles. The fraction of sp³-hybridized carbons (Fsp3) is 0.611. The number of hydrogen-bond donors (Lipinski definition) is 2. The number of aliphatic hydroxyl groups is 1. The van der Waals surface area contributed by atoms with Crippen molar-refractivity contribution >= 4 is 11.7 Å². The number of β-amino-alcohol motifs (C(OH)–C–C–N with tert-alkyl or cyclic N) is 1. The zero-order chi connectivity index (χ0) is 16.2. The Labute approximate surface area is 138 Å². The number of amides is 2. The van der Waals surface area contributed by atoms with Crippen LogP contribution in [-0.4, -0.2) is 54.4 Å². The molecule has 126 valence electrons. The molecule has 2 fully saturated rings. The maximum absolute atomic E-state index is 12.4. The predicted molar refractivity (Wildman–Crippen MR) is 91.6 cm³/mol. The van der Waals surface area contributed by atoms with E-state index in [0.29, 0.717) is 6.54 Å². The Morgan fingerprint density at radius 2 is 1.96 bits per heavy atom. The highest BCUT2D eigenvalue weighted by Crippen LogP contribution is 2.20. The molecule has 5 nitrogen and oxygen atoms in total. The zero-order valence-electron chi connectivity index (χ0n) is 13.8. The van der Waals surface area contributed by atoms with Crippen LogP contribution in [0.25, 0.3) is 0 Å². The lowest BCUT2D eigenvalue weighted by atomic mass is 9.96. The number of anilines is 1. The Morgan fingerprint density at radius 3 is 2.70 bits per heavy atom. The van der Waals surface area contributed by atoms with Crippen LogP contribution in [0.15, 0.2) is 30.3 Å². The summed E-state index contributed by atoms with van der Waals surface area (Å²) < 4.78 is 0. The highest BCUT2D eigenvalue weighted by Gasteiger charge is 2.29. The molecule has 5 heteroatoms. The molecule has 3 unspecified atom stereocenters. The van der Waals surface area contributed by atoms with Crippen molar-refractivity contribution in [3.8, 4) is 0 Å². The van der Waals surface area contributed by atoms with Crippen molar-refractivity contribution in [1.82, 2.24) is 10.2 Å². The number of piperidine rings is 2. The van der Waals surface area contributed by atoms with Gasteiger partial charge >= 0.3 is 6.03 Å². The van der Waals surface area contributed by atoms with Crippen LogP contribution in [0.1, 0.15) is 26.2 Å². The van der Waals surface area contributed by atoms with Gasteiger partial charge in [0.15, 0.2) is 0 Å². The number of carbonyl (C=O) groups excluding carboxylic acids is 1. The third-order valence-corrected chi connectivity index (χ3v) is 5.08. The van der Waals surface area contributed by atoms with Crippen LogP contribution in [0, 0.1) is 5.92 Å². The number of nitrogens with zero attached hydrogens (tertiary/aromatic N) is 2. The number of nitrogens with one attached hydrogen (secondary N) is 1. The average Bonchev–Trinajstić information content (AvgIpc) is 2.58. The van der Waals surface area contributed by atoms with Crippen molar-refractivity contribution in [2.75, 3.05) is 31.1 Å². The molecule has 1 aromatic rings. The Balaban J connectivity index is 1.54. The van der Waals surface area contributed by atoms with Gasteiger partial charge in [-0.05, 0) is 37.3 Å². The number of rotatable bonds is 2. The van der Waals surface area contributed by atoms with Gasteiger partial charge in [0, 0.05) is 37.9 Å². The Morgan fingerprint density at radius 1 is 1.17 bits per heavy atom. The van der Waals surface area contributed by atoms with E-state index in [0.717, 1.165) is 38.9 Å². The predicted octanol–water partition coefficient (Wildman–Crippen LogP) is 2.07. The monoisotopic (exact) mass is 317 g/mol. The summed E-state index contributed by atoms with van der Waals surface area (Å²) in [6, 6.07) is 10.5. The summed E-state index contributed by atoms with van der Waals surface area (Å²) in [7, 11) is 0. The molecule has 0 radical (unpaired) electrons. The van der Waals surface area contributed by atoms with Gasteiger partial charge in [0.05, 0.1) is 6.10 Å². The minimum atomic E-state index is -0.401. The molecule has 0 spiro atoms. The summed E-state index contributed by atoms with van der Waals surface area (Å²) in [4.78, 5) is 16.5. The van der Waals surface area contributed by atoms with Crippen molar-refractivity contribution in [1.29, 1.82) is 0 Å². The molecule has 0 bridgehead atoms. The maximum atomic E-state index is 12.4. The molecule has 2 N–H and O–H groups in total. The Hall–Kier alpha value is -1.75. The van der Waals surface area contributed by atoms with Gasteiger partial charge in [0.25, 0.3) is 0 Å². The van der Waals surface area contributed by atoms with Crippen LogP contribution in [0.5, 0.6) is 0 Å². The van der Waals surface area contributed by atoms with Crippen LogP contribution in [0.4, 0.5) is 10.5 Å². The molecule has 23 heavy (non-hydrogen) atoms. The maximum Gasteiger partial charge on any atom is 0.317 e. The highest BCUT2D eigenvalue weighted by atomic mass is 16.3. The Bertz CT molecular complexity index is 522. The summed E-state index contributed by atoms with van der Waals surface area (Å²) in [6.07, 6.45) is 2.57. The number of carbonyl (C=O) groups is 1. The minimum Gasteiger partial charge on any atom is -0.391 e. The normalized spacial score (nSPS) is 28.5. The molecule has 2 aliphatic rings. The first-order valence-corrected chi connectivity index (χ1v) is 8.67. The summed E-state index contributed by atoms with van der Waals surface area (Å²) in [5.74, 6) is 0.280. The minimum absolute atomic E-state index is 0.0316. The number of hydrogen-bond acceptors (Lipinski definition) is 3. The van der Waals surface area contributed by atoms with Gasteiger partial charge in [-0.25, -0.2) is 4.79 Å². The molecule has 0 aromatic heterocycles. The van der Waals surface area contributed by atoms with Crippen molar-refractivity contribution in [3.63, 3.8) is 0 Å². The van der Waals surface area contributed by atoms with Crippen LogP contribution >= 0.6 is 0 Å². The van der Waals surface area contributed by atoms with Crippen molar-refractivity contribution < 1.29 is 9.90 Å². The molecular weight excluding hydrogens is 290 g/mol. The average molecular weight is 317 g/mol. The van der Waals surface area contributed by atoms with Crippen LogP contribution in [-0.2, 0) is 0 Å². The molecule has 3 rings (SSSR count). The quantitative estimate of drug-likeness (QED) is 0.878. The molecule has 2 amide bonds. The van der Waals surface area contributed by atoms with Gasteiger partial charge in [0.2, 0.25) is 0 Å². The van der Waals surface area contributed by atoms with E-state index in [2.05, 4.69) is 22.3 Å². The van der Waals surface area contributed by atoms with Crippen molar-refractivity contribution in [2.24, 2.45) is 5.92 Å². The fourth-order valence-corrected chi connectivity index (χ4v) is 3.47. The first kappa shape index (κ1) is 16.1. The standard InChI is InChI=1S/C18H27N3O2/c1-14-9-11-21(13-17(14)22)18(23)19-15-6-5-10-20(12-15)16-7-3-2-4-8-16/h2-4,7-8,14-15,17,22H,5-6,9-13H2,1H3,(H,19,23). The first-order chi connectivity index (χ1) is 11.1. The summed E-state index contributed by atoms with van der Waals surface area (Å²) >= 11 is 0. The number of para-hydroxylation sites is 1. The molecule has 2 heterocycles. The second-order valence-electron chi connectivity index (χ2n) is 6.85. The van der Waals surface area contributed by atoms with Gasteiger partial charge in [-0.3, -0.25) is 0 Å². The molecule has 0 saturated carbocycles. The van der Waals surface area contributed by atoms with Gasteiger partial charge in [-0.2, -0.15) is 0 Å². The fourth-order valence-electron chi connectivity index (χ4n) is 3.47. The molecule has 3 atom stereocenters. The largest absolute Gasteiger partial charge is 0.391 e.